The minimum absolute atomic E-state index is 0.666. The van der Waals surface area contributed by atoms with E-state index in [1.165, 1.54) is 25.7 Å². The van der Waals surface area contributed by atoms with Crippen LogP contribution < -0.4 is 9.47 Å². The van der Waals surface area contributed by atoms with Crippen molar-refractivity contribution in [1.82, 2.24) is 4.98 Å². The maximum Gasteiger partial charge on any atom is 0.216 e. The van der Waals surface area contributed by atoms with Crippen molar-refractivity contribution in [3.63, 3.8) is 0 Å². The Labute approximate surface area is 111 Å². The van der Waals surface area contributed by atoms with Crippen molar-refractivity contribution < 1.29 is 9.47 Å². The molecular formula is C15H25NO2. The highest BCUT2D eigenvalue weighted by atomic mass is 16.5. The highest BCUT2D eigenvalue weighted by Crippen LogP contribution is 2.17. The topological polar surface area (TPSA) is 31.4 Å². The van der Waals surface area contributed by atoms with Gasteiger partial charge < -0.3 is 9.47 Å². The average Bonchev–Trinajstić information content (AvgIpc) is 2.40. The summed E-state index contributed by atoms with van der Waals surface area (Å²) in [6, 6.07) is 3.75. The first kappa shape index (κ1) is 14.8. The highest BCUT2D eigenvalue weighted by Gasteiger charge is 1.99. The van der Waals surface area contributed by atoms with E-state index in [-0.39, 0.29) is 0 Å². The van der Waals surface area contributed by atoms with Gasteiger partial charge in [-0.1, -0.05) is 39.5 Å². The fourth-order valence-corrected chi connectivity index (χ4v) is 1.63. The Morgan fingerprint density at radius 2 is 1.61 bits per heavy atom. The lowest BCUT2D eigenvalue weighted by Crippen LogP contribution is -2.01. The van der Waals surface area contributed by atoms with Gasteiger partial charge in [0.1, 0.15) is 5.75 Å². The van der Waals surface area contributed by atoms with Gasteiger partial charge in [-0.05, 0) is 18.9 Å². The second kappa shape index (κ2) is 9.75. The lowest BCUT2D eigenvalue weighted by Gasteiger charge is -2.08. The zero-order chi connectivity index (χ0) is 13.1. The van der Waals surface area contributed by atoms with Gasteiger partial charge in [-0.2, -0.15) is 0 Å². The molecule has 0 saturated heterocycles. The van der Waals surface area contributed by atoms with E-state index in [0.717, 1.165) is 31.8 Å². The average molecular weight is 251 g/mol. The summed E-state index contributed by atoms with van der Waals surface area (Å²) >= 11 is 0. The molecule has 102 valence electrons. The molecule has 0 aromatic carbocycles. The molecule has 18 heavy (non-hydrogen) atoms. The molecule has 3 heteroatoms. The monoisotopic (exact) mass is 251 g/mol. The first-order valence-corrected chi connectivity index (χ1v) is 7.08. The van der Waals surface area contributed by atoms with Gasteiger partial charge in [0.15, 0.2) is 0 Å². The van der Waals surface area contributed by atoms with Crippen molar-refractivity contribution in [3.8, 4) is 11.6 Å². The fraction of sp³-hybridized carbons (Fsp3) is 0.667. The Kier molecular flexibility index (Phi) is 8.02. The minimum Gasteiger partial charge on any atom is -0.493 e. The van der Waals surface area contributed by atoms with Crippen LogP contribution >= 0.6 is 0 Å². The minimum atomic E-state index is 0.666. The number of ether oxygens (including phenoxy) is 2. The molecule has 0 saturated carbocycles. The lowest BCUT2D eigenvalue weighted by atomic mass is 10.3. The lowest BCUT2D eigenvalue weighted by molar-refractivity contribution is 0.283. The second-order valence-corrected chi connectivity index (χ2v) is 4.44. The second-order valence-electron chi connectivity index (χ2n) is 4.44. The van der Waals surface area contributed by atoms with E-state index in [0.29, 0.717) is 5.88 Å². The molecule has 0 aliphatic rings. The van der Waals surface area contributed by atoms with E-state index in [1.807, 2.05) is 12.1 Å². The van der Waals surface area contributed by atoms with Crippen LogP contribution in [0.5, 0.6) is 11.6 Å². The third kappa shape index (κ3) is 6.48. The number of hydrogen-bond acceptors (Lipinski definition) is 3. The molecule has 1 heterocycles. The van der Waals surface area contributed by atoms with E-state index in [2.05, 4.69) is 18.8 Å². The van der Waals surface area contributed by atoms with Gasteiger partial charge in [0.05, 0.1) is 13.2 Å². The molecule has 1 aromatic heterocycles. The molecular weight excluding hydrogens is 226 g/mol. The molecule has 0 N–H and O–H groups in total. The van der Waals surface area contributed by atoms with Crippen LogP contribution in [0, 0.1) is 0 Å². The number of nitrogens with zero attached hydrogens (tertiary/aromatic N) is 1. The summed E-state index contributed by atoms with van der Waals surface area (Å²) in [6.45, 7) is 5.88. The molecule has 0 spiro atoms. The van der Waals surface area contributed by atoms with E-state index in [4.69, 9.17) is 9.47 Å². The molecule has 0 unspecified atom stereocenters. The summed E-state index contributed by atoms with van der Waals surface area (Å²) in [6.07, 6.45) is 8.76. The molecule has 0 aliphatic heterocycles. The van der Waals surface area contributed by atoms with E-state index < -0.39 is 0 Å². The number of pyridine rings is 1. The molecule has 0 bridgehead atoms. The van der Waals surface area contributed by atoms with E-state index in [9.17, 15) is 0 Å². The maximum absolute atomic E-state index is 5.66. The van der Waals surface area contributed by atoms with Crippen LogP contribution in [-0.2, 0) is 0 Å². The molecule has 0 fully saturated rings. The zero-order valence-electron chi connectivity index (χ0n) is 11.7. The van der Waals surface area contributed by atoms with Crippen LogP contribution in [-0.4, -0.2) is 18.2 Å². The van der Waals surface area contributed by atoms with Crippen LogP contribution in [0.2, 0.25) is 0 Å². The van der Waals surface area contributed by atoms with Gasteiger partial charge in [0, 0.05) is 12.3 Å². The number of hydrogen-bond donors (Lipinski definition) is 0. The summed E-state index contributed by atoms with van der Waals surface area (Å²) in [5, 5.41) is 0. The number of unbranched alkanes of at least 4 members (excludes halogenated alkanes) is 4. The van der Waals surface area contributed by atoms with Gasteiger partial charge in [-0.15, -0.1) is 0 Å². The first-order chi connectivity index (χ1) is 8.86. The van der Waals surface area contributed by atoms with Crippen molar-refractivity contribution in [2.24, 2.45) is 0 Å². The van der Waals surface area contributed by atoms with Crippen LogP contribution in [0.25, 0.3) is 0 Å². The van der Waals surface area contributed by atoms with Crippen molar-refractivity contribution >= 4 is 0 Å². The Morgan fingerprint density at radius 1 is 0.944 bits per heavy atom. The van der Waals surface area contributed by atoms with Gasteiger partial charge in [0.25, 0.3) is 0 Å². The predicted molar refractivity (Wildman–Crippen MR) is 74.3 cm³/mol. The van der Waals surface area contributed by atoms with Crippen LogP contribution in [0.4, 0.5) is 0 Å². The third-order valence-electron chi connectivity index (χ3n) is 2.72. The summed E-state index contributed by atoms with van der Waals surface area (Å²) in [5.41, 5.74) is 0. The van der Waals surface area contributed by atoms with Gasteiger partial charge >= 0.3 is 0 Å². The third-order valence-corrected chi connectivity index (χ3v) is 2.72. The largest absolute Gasteiger partial charge is 0.493 e. The molecule has 1 rings (SSSR count). The van der Waals surface area contributed by atoms with Crippen LogP contribution in [0.1, 0.15) is 52.4 Å². The van der Waals surface area contributed by atoms with Crippen molar-refractivity contribution in [3.05, 3.63) is 18.3 Å². The first-order valence-electron chi connectivity index (χ1n) is 7.08. The molecule has 1 aromatic rings. The van der Waals surface area contributed by atoms with Gasteiger partial charge in [-0.3, -0.25) is 0 Å². The van der Waals surface area contributed by atoms with Crippen molar-refractivity contribution in [2.45, 2.75) is 52.4 Å². The normalized spacial score (nSPS) is 10.3. The predicted octanol–water partition coefficient (Wildman–Crippen LogP) is 4.22. The number of rotatable bonds is 10. The SMILES string of the molecule is CCCCCOc1ccnc(OCCCCC)c1. The van der Waals surface area contributed by atoms with Gasteiger partial charge in [0.2, 0.25) is 5.88 Å². The van der Waals surface area contributed by atoms with Gasteiger partial charge in [-0.25, -0.2) is 4.98 Å². The van der Waals surface area contributed by atoms with E-state index >= 15 is 0 Å². The van der Waals surface area contributed by atoms with Crippen molar-refractivity contribution in [2.75, 3.05) is 13.2 Å². The van der Waals surface area contributed by atoms with E-state index in [1.54, 1.807) is 6.20 Å². The Morgan fingerprint density at radius 3 is 2.28 bits per heavy atom. The molecule has 0 atom stereocenters. The molecule has 0 radical (unpaired) electrons. The zero-order valence-corrected chi connectivity index (χ0v) is 11.7. The Bertz CT molecular complexity index is 288. The summed E-state index contributed by atoms with van der Waals surface area (Å²) in [4.78, 5) is 4.18. The smallest absolute Gasteiger partial charge is 0.216 e. The highest BCUT2D eigenvalue weighted by molar-refractivity contribution is 5.26. The summed E-state index contributed by atoms with van der Waals surface area (Å²) < 4.78 is 11.2. The molecule has 0 aliphatic carbocycles. The molecule has 0 amide bonds. The number of aromatic nitrogens is 1. The Hall–Kier alpha value is -1.25. The summed E-state index contributed by atoms with van der Waals surface area (Å²) in [5.74, 6) is 1.52. The fourth-order valence-electron chi connectivity index (χ4n) is 1.63. The van der Waals surface area contributed by atoms with Crippen LogP contribution in [0.3, 0.4) is 0 Å². The Balaban J connectivity index is 2.27. The quantitative estimate of drug-likeness (QED) is 0.583. The maximum atomic E-state index is 5.66. The summed E-state index contributed by atoms with van der Waals surface area (Å²) in [7, 11) is 0. The van der Waals surface area contributed by atoms with Crippen molar-refractivity contribution in [1.29, 1.82) is 0 Å². The molecule has 3 nitrogen and oxygen atoms in total. The standard InChI is InChI=1S/C15H25NO2/c1-3-5-7-11-17-14-9-10-16-15(13-14)18-12-8-6-4-2/h9-10,13H,3-8,11-12H2,1-2H3. The van der Waals surface area contributed by atoms with Crippen LogP contribution in [0.15, 0.2) is 18.3 Å².